The SMILES string of the molecule is CCCCCCCN1CCN(CC(=O)O)CCN(CC(=O)O)CC1. The van der Waals surface area contributed by atoms with Gasteiger partial charge in [0.1, 0.15) is 0 Å². The fourth-order valence-corrected chi connectivity index (χ4v) is 3.05. The van der Waals surface area contributed by atoms with Gasteiger partial charge in [0.2, 0.25) is 0 Å². The molecule has 0 bridgehead atoms. The lowest BCUT2D eigenvalue weighted by Gasteiger charge is -2.25. The smallest absolute Gasteiger partial charge is 0.317 e. The fraction of sp³-hybridized carbons (Fsp3) is 0.882. The van der Waals surface area contributed by atoms with Crippen LogP contribution in [-0.4, -0.2) is 95.8 Å². The van der Waals surface area contributed by atoms with Crippen molar-refractivity contribution in [2.75, 3.05) is 58.9 Å². The summed E-state index contributed by atoms with van der Waals surface area (Å²) in [6, 6.07) is 0. The number of carbonyl (C=O) groups is 2. The Morgan fingerprint density at radius 1 is 0.708 bits per heavy atom. The van der Waals surface area contributed by atoms with E-state index in [9.17, 15) is 9.59 Å². The third-order valence-electron chi connectivity index (χ3n) is 4.49. The lowest BCUT2D eigenvalue weighted by Crippen LogP contribution is -2.40. The highest BCUT2D eigenvalue weighted by atomic mass is 16.4. The highest BCUT2D eigenvalue weighted by Gasteiger charge is 2.18. The second kappa shape index (κ2) is 12.2. The first-order valence-electron chi connectivity index (χ1n) is 9.12. The molecule has 7 heteroatoms. The average Bonchev–Trinajstić information content (AvgIpc) is 2.59. The molecule has 0 saturated carbocycles. The van der Waals surface area contributed by atoms with Crippen LogP contribution >= 0.6 is 0 Å². The number of unbranched alkanes of at least 4 members (excludes halogenated alkanes) is 4. The van der Waals surface area contributed by atoms with E-state index in [1.54, 1.807) is 0 Å². The molecule has 7 nitrogen and oxygen atoms in total. The van der Waals surface area contributed by atoms with Gasteiger partial charge in [-0.15, -0.1) is 0 Å². The molecule has 0 aromatic carbocycles. The Morgan fingerprint density at radius 3 is 1.54 bits per heavy atom. The molecule has 0 aromatic rings. The third kappa shape index (κ3) is 9.85. The summed E-state index contributed by atoms with van der Waals surface area (Å²) < 4.78 is 0. The van der Waals surface area contributed by atoms with Crippen LogP contribution in [0.3, 0.4) is 0 Å². The molecule has 24 heavy (non-hydrogen) atoms. The number of hydrogen-bond acceptors (Lipinski definition) is 5. The van der Waals surface area contributed by atoms with Crippen LogP contribution in [-0.2, 0) is 9.59 Å². The molecular formula is C17H33N3O4. The number of rotatable bonds is 10. The molecule has 1 fully saturated rings. The van der Waals surface area contributed by atoms with Crippen molar-refractivity contribution in [3.8, 4) is 0 Å². The molecule has 0 radical (unpaired) electrons. The van der Waals surface area contributed by atoms with Crippen LogP contribution in [0.1, 0.15) is 39.0 Å². The summed E-state index contributed by atoms with van der Waals surface area (Å²) in [4.78, 5) is 28.2. The van der Waals surface area contributed by atoms with Crippen LogP contribution in [0.4, 0.5) is 0 Å². The summed E-state index contributed by atoms with van der Waals surface area (Å²) >= 11 is 0. The highest BCUT2D eigenvalue weighted by molar-refractivity contribution is 5.69. The van der Waals surface area contributed by atoms with E-state index in [2.05, 4.69) is 11.8 Å². The molecular weight excluding hydrogens is 310 g/mol. The van der Waals surface area contributed by atoms with Crippen LogP contribution in [0.25, 0.3) is 0 Å². The van der Waals surface area contributed by atoms with Crippen LogP contribution in [0.2, 0.25) is 0 Å². The summed E-state index contributed by atoms with van der Waals surface area (Å²) in [6.07, 6.45) is 6.15. The zero-order valence-electron chi connectivity index (χ0n) is 15.0. The van der Waals surface area contributed by atoms with E-state index in [1.807, 2.05) is 9.80 Å². The van der Waals surface area contributed by atoms with E-state index in [-0.39, 0.29) is 13.1 Å². The summed E-state index contributed by atoms with van der Waals surface area (Å²) in [7, 11) is 0. The van der Waals surface area contributed by atoms with Crippen molar-refractivity contribution in [2.45, 2.75) is 39.0 Å². The minimum atomic E-state index is -0.829. The van der Waals surface area contributed by atoms with Crippen LogP contribution < -0.4 is 0 Å². The topological polar surface area (TPSA) is 84.3 Å². The number of hydrogen-bond donors (Lipinski definition) is 2. The Hall–Kier alpha value is -1.18. The van der Waals surface area contributed by atoms with Gasteiger partial charge in [-0.05, 0) is 13.0 Å². The first-order chi connectivity index (χ1) is 11.5. The van der Waals surface area contributed by atoms with Gasteiger partial charge in [-0.2, -0.15) is 0 Å². The number of carboxylic acids is 2. The molecule has 0 atom stereocenters. The summed E-state index contributed by atoms with van der Waals surface area (Å²) in [6.45, 7) is 7.60. The largest absolute Gasteiger partial charge is 0.480 e. The monoisotopic (exact) mass is 343 g/mol. The van der Waals surface area contributed by atoms with Crippen molar-refractivity contribution in [2.24, 2.45) is 0 Å². The van der Waals surface area contributed by atoms with Gasteiger partial charge in [0, 0.05) is 39.3 Å². The van der Waals surface area contributed by atoms with Crippen molar-refractivity contribution in [3.05, 3.63) is 0 Å². The van der Waals surface area contributed by atoms with Gasteiger partial charge in [-0.3, -0.25) is 19.4 Å². The third-order valence-corrected chi connectivity index (χ3v) is 4.49. The maximum Gasteiger partial charge on any atom is 0.317 e. The average molecular weight is 343 g/mol. The Balaban J connectivity index is 2.52. The summed E-state index contributed by atoms with van der Waals surface area (Å²) in [5.41, 5.74) is 0. The van der Waals surface area contributed by atoms with E-state index >= 15 is 0 Å². The molecule has 1 heterocycles. The van der Waals surface area contributed by atoms with Crippen LogP contribution in [0, 0.1) is 0 Å². The Labute approximate surface area is 145 Å². The molecule has 0 amide bonds. The van der Waals surface area contributed by atoms with Gasteiger partial charge in [0.25, 0.3) is 0 Å². The van der Waals surface area contributed by atoms with Crippen molar-refractivity contribution < 1.29 is 19.8 Å². The number of nitrogens with zero attached hydrogens (tertiary/aromatic N) is 3. The van der Waals surface area contributed by atoms with E-state index in [0.717, 1.165) is 39.1 Å². The fourth-order valence-electron chi connectivity index (χ4n) is 3.05. The van der Waals surface area contributed by atoms with Crippen molar-refractivity contribution in [3.63, 3.8) is 0 Å². The van der Waals surface area contributed by atoms with E-state index < -0.39 is 11.9 Å². The molecule has 0 aromatic heterocycles. The van der Waals surface area contributed by atoms with Crippen molar-refractivity contribution >= 4 is 11.9 Å². The normalized spacial score (nSPS) is 18.7. The van der Waals surface area contributed by atoms with Crippen LogP contribution in [0.5, 0.6) is 0 Å². The van der Waals surface area contributed by atoms with Gasteiger partial charge in [-0.25, -0.2) is 0 Å². The maximum atomic E-state index is 11.0. The molecule has 1 saturated heterocycles. The maximum absolute atomic E-state index is 11.0. The van der Waals surface area contributed by atoms with Gasteiger partial charge in [-0.1, -0.05) is 32.6 Å². The lowest BCUT2D eigenvalue weighted by atomic mass is 10.1. The standard InChI is InChI=1S/C17H33N3O4/c1-2-3-4-5-6-7-18-8-10-19(14-16(21)22)12-13-20(11-9-18)15-17(23)24/h2-15H2,1H3,(H,21,22)(H,23,24). The number of aliphatic carboxylic acids is 2. The molecule has 1 aliphatic rings. The van der Waals surface area contributed by atoms with Gasteiger partial charge in [0.15, 0.2) is 0 Å². The molecule has 0 unspecified atom stereocenters. The summed E-state index contributed by atoms with van der Waals surface area (Å²) in [5.74, 6) is -1.66. The van der Waals surface area contributed by atoms with E-state index in [0.29, 0.717) is 13.1 Å². The summed E-state index contributed by atoms with van der Waals surface area (Å²) in [5, 5.41) is 18.1. The highest BCUT2D eigenvalue weighted by Crippen LogP contribution is 2.06. The van der Waals surface area contributed by atoms with Gasteiger partial charge < -0.3 is 15.1 Å². The quantitative estimate of drug-likeness (QED) is 0.574. The zero-order chi connectivity index (χ0) is 17.8. The second-order valence-electron chi connectivity index (χ2n) is 6.60. The molecule has 1 rings (SSSR count). The first-order valence-corrected chi connectivity index (χ1v) is 9.12. The molecule has 0 spiro atoms. The molecule has 0 aliphatic carbocycles. The predicted octanol–water partition coefficient (Wildman–Crippen LogP) is 1.05. The lowest BCUT2D eigenvalue weighted by molar-refractivity contribution is -0.140. The minimum absolute atomic E-state index is 0.0191. The Kier molecular flexibility index (Phi) is 10.6. The predicted molar refractivity (Wildman–Crippen MR) is 93.4 cm³/mol. The Morgan fingerprint density at radius 2 is 1.12 bits per heavy atom. The van der Waals surface area contributed by atoms with Crippen LogP contribution in [0.15, 0.2) is 0 Å². The van der Waals surface area contributed by atoms with Crippen molar-refractivity contribution in [1.29, 1.82) is 0 Å². The first kappa shape index (κ1) is 20.9. The minimum Gasteiger partial charge on any atom is -0.480 e. The second-order valence-corrected chi connectivity index (χ2v) is 6.60. The van der Waals surface area contributed by atoms with Gasteiger partial charge >= 0.3 is 11.9 Å². The van der Waals surface area contributed by atoms with E-state index in [1.165, 1.54) is 25.7 Å². The van der Waals surface area contributed by atoms with Gasteiger partial charge in [0.05, 0.1) is 13.1 Å². The zero-order valence-corrected chi connectivity index (χ0v) is 15.0. The van der Waals surface area contributed by atoms with E-state index in [4.69, 9.17) is 10.2 Å². The number of carboxylic acid groups (broad SMARTS) is 2. The molecule has 1 aliphatic heterocycles. The van der Waals surface area contributed by atoms with Crippen molar-refractivity contribution in [1.82, 2.24) is 14.7 Å². The molecule has 140 valence electrons. The molecule has 2 N–H and O–H groups in total. The Bertz CT molecular complexity index is 351.